The molecule has 7 heteroatoms. The van der Waals surface area contributed by atoms with E-state index in [1.165, 1.54) is 19.0 Å². The smallest absolute Gasteiger partial charge is 0.269 e. The van der Waals surface area contributed by atoms with Crippen LogP contribution in [0, 0.1) is 0 Å². The number of carbonyl (C=O) groups is 1. The van der Waals surface area contributed by atoms with Gasteiger partial charge in [0.2, 0.25) is 0 Å². The first-order valence-electron chi connectivity index (χ1n) is 8.92. The quantitative estimate of drug-likeness (QED) is 0.775. The first-order valence-corrected chi connectivity index (χ1v) is 9.30. The highest BCUT2D eigenvalue weighted by Crippen LogP contribution is 2.39. The zero-order chi connectivity index (χ0) is 18.5. The summed E-state index contributed by atoms with van der Waals surface area (Å²) < 4.78 is 6.27. The Kier molecular flexibility index (Phi) is 6.06. The number of nitrogens with zero attached hydrogens (tertiary/aromatic N) is 2. The van der Waals surface area contributed by atoms with Crippen LogP contribution in [0.3, 0.4) is 0 Å². The van der Waals surface area contributed by atoms with E-state index in [4.69, 9.17) is 22.1 Å². The highest BCUT2D eigenvalue weighted by atomic mass is 35.5. The molecule has 0 unspecified atom stereocenters. The Hall–Kier alpha value is -2.18. The molecule has 1 aliphatic carbocycles. The third-order valence-corrected chi connectivity index (χ3v) is 4.91. The predicted octanol–water partition coefficient (Wildman–Crippen LogP) is 3.33. The fourth-order valence-electron chi connectivity index (χ4n) is 3.33. The summed E-state index contributed by atoms with van der Waals surface area (Å²) >= 11 is 6.52. The van der Waals surface area contributed by atoms with Crippen LogP contribution in [0.25, 0.3) is 11.1 Å². The summed E-state index contributed by atoms with van der Waals surface area (Å²) in [5.74, 6) is 0.144. The normalized spacial score (nSPS) is 14.5. The number of nitrogens with one attached hydrogen (secondary N) is 1. The van der Waals surface area contributed by atoms with E-state index in [0.717, 1.165) is 30.7 Å². The number of primary amides is 1. The molecule has 0 spiro atoms. The second-order valence-corrected chi connectivity index (χ2v) is 6.77. The van der Waals surface area contributed by atoms with E-state index in [1.54, 1.807) is 12.1 Å². The second kappa shape index (κ2) is 8.47. The zero-order valence-electron chi connectivity index (χ0n) is 14.8. The standard InChI is InChI=1S/C19H23ClN4O2/c1-2-22-11-14-16(26-12-5-3-4-6-12)8-7-15(20)17(14)13-9-10-23-24-18(13)19(21)25/h7-10,12,22H,2-6,11H2,1H3,(H2,21,25). The summed E-state index contributed by atoms with van der Waals surface area (Å²) in [6.07, 6.45) is 6.24. The number of nitrogens with two attached hydrogens (primary N) is 1. The lowest BCUT2D eigenvalue weighted by Crippen LogP contribution is -2.19. The molecule has 0 bridgehead atoms. The van der Waals surface area contributed by atoms with Gasteiger partial charge in [0.1, 0.15) is 5.75 Å². The summed E-state index contributed by atoms with van der Waals surface area (Å²) in [6.45, 7) is 3.39. The summed E-state index contributed by atoms with van der Waals surface area (Å²) in [5.41, 5.74) is 7.78. The van der Waals surface area contributed by atoms with Crippen molar-refractivity contribution in [1.82, 2.24) is 15.5 Å². The first-order chi connectivity index (χ1) is 12.6. The Bertz CT molecular complexity index is 791. The molecule has 0 atom stereocenters. The maximum atomic E-state index is 11.8. The van der Waals surface area contributed by atoms with Crippen LogP contribution in [0.1, 0.15) is 48.7 Å². The van der Waals surface area contributed by atoms with E-state index in [1.807, 2.05) is 13.0 Å². The molecule has 1 aromatic carbocycles. The second-order valence-electron chi connectivity index (χ2n) is 6.36. The SMILES string of the molecule is CCNCc1c(OC2CCCC2)ccc(Cl)c1-c1ccnnc1C(N)=O. The highest BCUT2D eigenvalue weighted by molar-refractivity contribution is 6.33. The van der Waals surface area contributed by atoms with Crippen LogP contribution in [0.4, 0.5) is 0 Å². The summed E-state index contributed by atoms with van der Waals surface area (Å²) in [7, 11) is 0. The molecule has 1 heterocycles. The van der Waals surface area contributed by atoms with Gasteiger partial charge in [-0.3, -0.25) is 4.79 Å². The Balaban J connectivity index is 2.12. The van der Waals surface area contributed by atoms with Gasteiger partial charge in [0.05, 0.1) is 12.3 Å². The molecule has 3 rings (SSSR count). The molecule has 138 valence electrons. The Labute approximate surface area is 158 Å². The number of benzene rings is 1. The number of carbonyl (C=O) groups excluding carboxylic acids is 1. The lowest BCUT2D eigenvalue weighted by Gasteiger charge is -2.21. The van der Waals surface area contributed by atoms with Gasteiger partial charge in [-0.2, -0.15) is 5.10 Å². The molecule has 6 nitrogen and oxygen atoms in total. The summed E-state index contributed by atoms with van der Waals surface area (Å²) in [4.78, 5) is 11.8. The van der Waals surface area contributed by atoms with E-state index in [-0.39, 0.29) is 11.8 Å². The van der Waals surface area contributed by atoms with E-state index in [2.05, 4.69) is 15.5 Å². The van der Waals surface area contributed by atoms with Gasteiger partial charge in [-0.05, 0) is 50.4 Å². The molecule has 1 saturated carbocycles. The maximum Gasteiger partial charge on any atom is 0.269 e. The van der Waals surface area contributed by atoms with Gasteiger partial charge in [-0.15, -0.1) is 5.10 Å². The average molecular weight is 375 g/mol. The number of amides is 1. The minimum absolute atomic E-state index is 0.102. The highest BCUT2D eigenvalue weighted by Gasteiger charge is 2.23. The van der Waals surface area contributed by atoms with Crippen LogP contribution in [-0.4, -0.2) is 28.8 Å². The Morgan fingerprint density at radius 1 is 1.35 bits per heavy atom. The number of hydrogen-bond donors (Lipinski definition) is 2. The van der Waals surface area contributed by atoms with Crippen LogP contribution in [-0.2, 0) is 6.54 Å². The van der Waals surface area contributed by atoms with Gasteiger partial charge in [0, 0.05) is 28.3 Å². The number of halogens is 1. The molecule has 1 aromatic heterocycles. The minimum atomic E-state index is -0.638. The molecule has 0 aliphatic heterocycles. The molecule has 3 N–H and O–H groups in total. The first kappa shape index (κ1) is 18.6. The topological polar surface area (TPSA) is 90.1 Å². The third-order valence-electron chi connectivity index (χ3n) is 4.59. The van der Waals surface area contributed by atoms with E-state index in [0.29, 0.717) is 22.7 Å². The van der Waals surface area contributed by atoms with Crippen LogP contribution in [0.5, 0.6) is 5.75 Å². The van der Waals surface area contributed by atoms with Crippen molar-refractivity contribution < 1.29 is 9.53 Å². The molecule has 1 amide bonds. The van der Waals surface area contributed by atoms with Crippen molar-refractivity contribution in [1.29, 1.82) is 0 Å². The van der Waals surface area contributed by atoms with Gasteiger partial charge in [0.25, 0.3) is 5.91 Å². The van der Waals surface area contributed by atoms with Crippen molar-refractivity contribution in [2.45, 2.75) is 45.3 Å². The lowest BCUT2D eigenvalue weighted by atomic mass is 9.97. The summed E-state index contributed by atoms with van der Waals surface area (Å²) in [5, 5.41) is 11.5. The molecule has 2 aromatic rings. The molecule has 1 fully saturated rings. The van der Waals surface area contributed by atoms with Crippen LogP contribution in [0.2, 0.25) is 5.02 Å². The van der Waals surface area contributed by atoms with Gasteiger partial charge in [-0.25, -0.2) is 0 Å². The predicted molar refractivity (Wildman–Crippen MR) is 101 cm³/mol. The van der Waals surface area contributed by atoms with Crippen LogP contribution >= 0.6 is 11.6 Å². The van der Waals surface area contributed by atoms with Crippen molar-refractivity contribution in [3.8, 4) is 16.9 Å². The summed E-state index contributed by atoms with van der Waals surface area (Å²) in [6, 6.07) is 5.40. The average Bonchev–Trinajstić information content (AvgIpc) is 3.15. The molecular formula is C19H23ClN4O2. The molecule has 0 radical (unpaired) electrons. The molecule has 0 saturated heterocycles. The van der Waals surface area contributed by atoms with Crippen LogP contribution in [0.15, 0.2) is 24.4 Å². The number of aromatic nitrogens is 2. The van der Waals surface area contributed by atoms with E-state index in [9.17, 15) is 4.79 Å². The molecular weight excluding hydrogens is 352 g/mol. The Morgan fingerprint density at radius 2 is 2.12 bits per heavy atom. The number of hydrogen-bond acceptors (Lipinski definition) is 5. The number of ether oxygens (including phenoxy) is 1. The van der Waals surface area contributed by atoms with Crippen molar-refractivity contribution in [2.75, 3.05) is 6.54 Å². The largest absolute Gasteiger partial charge is 0.490 e. The van der Waals surface area contributed by atoms with E-state index >= 15 is 0 Å². The Morgan fingerprint density at radius 3 is 2.81 bits per heavy atom. The molecule has 1 aliphatic rings. The molecule has 26 heavy (non-hydrogen) atoms. The fourth-order valence-corrected chi connectivity index (χ4v) is 3.61. The third kappa shape index (κ3) is 3.97. The van der Waals surface area contributed by atoms with Gasteiger partial charge < -0.3 is 15.8 Å². The van der Waals surface area contributed by atoms with Crippen molar-refractivity contribution in [3.63, 3.8) is 0 Å². The van der Waals surface area contributed by atoms with Crippen molar-refractivity contribution in [2.24, 2.45) is 5.73 Å². The maximum absolute atomic E-state index is 11.8. The lowest BCUT2D eigenvalue weighted by molar-refractivity contribution is 0.0995. The van der Waals surface area contributed by atoms with E-state index < -0.39 is 5.91 Å². The monoisotopic (exact) mass is 374 g/mol. The number of rotatable bonds is 7. The van der Waals surface area contributed by atoms with Crippen molar-refractivity contribution in [3.05, 3.63) is 40.7 Å². The van der Waals surface area contributed by atoms with Gasteiger partial charge in [0.15, 0.2) is 5.69 Å². The fraction of sp³-hybridized carbons (Fsp3) is 0.421. The van der Waals surface area contributed by atoms with Gasteiger partial charge in [-0.1, -0.05) is 18.5 Å². The minimum Gasteiger partial charge on any atom is -0.490 e. The van der Waals surface area contributed by atoms with Crippen molar-refractivity contribution >= 4 is 17.5 Å². The zero-order valence-corrected chi connectivity index (χ0v) is 15.6. The van der Waals surface area contributed by atoms with Crippen LogP contribution < -0.4 is 15.8 Å². The van der Waals surface area contributed by atoms with Gasteiger partial charge >= 0.3 is 0 Å².